The summed E-state index contributed by atoms with van der Waals surface area (Å²) in [6.45, 7) is 4.49. The first-order valence-corrected chi connectivity index (χ1v) is 7.90. The van der Waals surface area contributed by atoms with Gasteiger partial charge in [0.25, 0.3) is 0 Å². The van der Waals surface area contributed by atoms with Crippen LogP contribution in [0.15, 0.2) is 35.5 Å². The second kappa shape index (κ2) is 6.69. The fourth-order valence-electron chi connectivity index (χ4n) is 2.78. The fraction of sp³-hybridized carbons (Fsp3) is 0.375. The topological polar surface area (TPSA) is 108 Å². The summed E-state index contributed by atoms with van der Waals surface area (Å²) < 4.78 is 7.46. The summed E-state index contributed by atoms with van der Waals surface area (Å²) in [5.74, 6) is 0.645. The number of nitrogens with zero attached hydrogens (tertiary/aromatic N) is 4. The Bertz CT molecular complexity index is 782. The van der Waals surface area contributed by atoms with Crippen LogP contribution < -0.4 is 15.8 Å². The highest BCUT2D eigenvalue weighted by atomic mass is 16.5. The molecule has 1 aliphatic rings. The van der Waals surface area contributed by atoms with Crippen LogP contribution in [0.1, 0.15) is 38.3 Å². The van der Waals surface area contributed by atoms with Crippen LogP contribution in [0.4, 0.5) is 5.95 Å². The Morgan fingerprint density at radius 2 is 2.21 bits per heavy atom. The highest BCUT2D eigenvalue weighted by Gasteiger charge is 2.34. The number of anilines is 1. The van der Waals surface area contributed by atoms with Crippen LogP contribution in [-0.2, 0) is 4.79 Å². The number of ether oxygens (including phenoxy) is 1. The minimum Gasteiger partial charge on any atom is -0.493 e. The highest BCUT2D eigenvalue weighted by Crippen LogP contribution is 2.38. The number of rotatable bonds is 6. The van der Waals surface area contributed by atoms with Crippen LogP contribution in [0.25, 0.3) is 0 Å². The molecule has 126 valence electrons. The summed E-state index contributed by atoms with van der Waals surface area (Å²) in [5, 5.41) is 14.7. The lowest BCUT2D eigenvalue weighted by Crippen LogP contribution is -2.32. The summed E-state index contributed by atoms with van der Waals surface area (Å²) >= 11 is 0. The minimum atomic E-state index is -0.522. The van der Waals surface area contributed by atoms with Crippen LogP contribution in [0.3, 0.4) is 0 Å². The lowest BCUT2D eigenvalue weighted by atomic mass is 9.94. The number of carbonyl (C=O) groups excluding carboxylic acids is 1. The molecule has 1 aromatic heterocycles. The van der Waals surface area contributed by atoms with Crippen LogP contribution in [0.2, 0.25) is 0 Å². The third-order valence-corrected chi connectivity index (χ3v) is 3.95. The first kappa shape index (κ1) is 16.0. The smallest absolute Gasteiger partial charge is 0.248 e. The molecule has 1 aliphatic heterocycles. The summed E-state index contributed by atoms with van der Waals surface area (Å²) in [6, 6.07) is 7.05. The van der Waals surface area contributed by atoms with Crippen molar-refractivity contribution < 1.29 is 9.53 Å². The zero-order valence-electron chi connectivity index (χ0n) is 13.7. The van der Waals surface area contributed by atoms with Gasteiger partial charge in [-0.2, -0.15) is 4.68 Å². The largest absolute Gasteiger partial charge is 0.493 e. The molecule has 0 fully saturated rings. The number of carbonyl (C=O) groups is 1. The van der Waals surface area contributed by atoms with Crippen LogP contribution >= 0.6 is 0 Å². The maximum atomic E-state index is 12.1. The number of nitrogens with two attached hydrogens (primary N) is 1. The lowest BCUT2D eigenvalue weighted by Gasteiger charge is -2.28. The SMILES string of the molecule is CCCCOc1ccccc1[C@@H]1C(C(N)=O)=C(C)Nc2nnnn21. The van der Waals surface area contributed by atoms with Gasteiger partial charge in [0.05, 0.1) is 12.2 Å². The van der Waals surface area contributed by atoms with Crippen molar-refractivity contribution in [2.24, 2.45) is 5.73 Å². The molecular weight excluding hydrogens is 308 g/mol. The molecule has 1 amide bonds. The maximum Gasteiger partial charge on any atom is 0.248 e. The molecule has 1 aromatic carbocycles. The van der Waals surface area contributed by atoms with Gasteiger partial charge in [-0.15, -0.1) is 0 Å². The minimum absolute atomic E-state index is 0.418. The van der Waals surface area contributed by atoms with Gasteiger partial charge in [0.1, 0.15) is 11.8 Å². The van der Waals surface area contributed by atoms with Crippen molar-refractivity contribution in [3.05, 3.63) is 41.1 Å². The number of unbranched alkanes of at least 4 members (excludes halogenated alkanes) is 1. The van der Waals surface area contributed by atoms with Crippen LogP contribution in [-0.4, -0.2) is 32.7 Å². The Morgan fingerprint density at radius 1 is 1.42 bits per heavy atom. The summed E-state index contributed by atoms with van der Waals surface area (Å²) in [7, 11) is 0. The van der Waals surface area contributed by atoms with Gasteiger partial charge in [-0.25, -0.2) is 0 Å². The van der Waals surface area contributed by atoms with Crippen molar-refractivity contribution in [1.82, 2.24) is 20.2 Å². The fourth-order valence-corrected chi connectivity index (χ4v) is 2.78. The van der Waals surface area contributed by atoms with Gasteiger partial charge in [0.15, 0.2) is 0 Å². The molecule has 0 saturated carbocycles. The monoisotopic (exact) mass is 328 g/mol. The molecule has 0 unspecified atom stereocenters. The number of nitrogens with one attached hydrogen (secondary N) is 1. The van der Waals surface area contributed by atoms with Crippen molar-refractivity contribution in [2.45, 2.75) is 32.7 Å². The zero-order valence-corrected chi connectivity index (χ0v) is 13.7. The molecule has 3 rings (SSSR count). The molecule has 0 bridgehead atoms. The molecule has 0 saturated heterocycles. The van der Waals surface area contributed by atoms with Gasteiger partial charge in [-0.1, -0.05) is 36.6 Å². The number of tetrazole rings is 1. The number of allylic oxidation sites excluding steroid dienone is 1. The van der Waals surface area contributed by atoms with Gasteiger partial charge < -0.3 is 15.8 Å². The van der Waals surface area contributed by atoms with Gasteiger partial charge >= 0.3 is 0 Å². The van der Waals surface area contributed by atoms with E-state index < -0.39 is 11.9 Å². The van der Waals surface area contributed by atoms with Gasteiger partial charge in [0.2, 0.25) is 11.9 Å². The van der Waals surface area contributed by atoms with Crippen LogP contribution in [0.5, 0.6) is 5.75 Å². The number of primary amides is 1. The summed E-state index contributed by atoms with van der Waals surface area (Å²) in [4.78, 5) is 12.1. The number of aromatic nitrogens is 4. The molecule has 8 heteroatoms. The van der Waals surface area contributed by atoms with Gasteiger partial charge in [0, 0.05) is 11.3 Å². The molecule has 1 atom stereocenters. The lowest BCUT2D eigenvalue weighted by molar-refractivity contribution is -0.115. The van der Waals surface area contributed by atoms with Gasteiger partial charge in [-0.05, 0) is 29.8 Å². The Kier molecular flexibility index (Phi) is 4.45. The molecule has 0 radical (unpaired) electrons. The van der Waals surface area contributed by atoms with Crippen molar-refractivity contribution in [3.63, 3.8) is 0 Å². The van der Waals surface area contributed by atoms with E-state index in [4.69, 9.17) is 10.5 Å². The summed E-state index contributed by atoms with van der Waals surface area (Å²) in [5.41, 5.74) is 7.48. The molecule has 24 heavy (non-hydrogen) atoms. The molecule has 0 spiro atoms. The van der Waals surface area contributed by atoms with E-state index in [1.165, 1.54) is 0 Å². The number of fused-ring (bicyclic) bond motifs is 1. The quantitative estimate of drug-likeness (QED) is 0.780. The number of hydrogen-bond acceptors (Lipinski definition) is 6. The van der Waals surface area contributed by atoms with Gasteiger partial charge in [-0.3, -0.25) is 4.79 Å². The average molecular weight is 328 g/mol. The third kappa shape index (κ3) is 2.82. The number of hydrogen-bond donors (Lipinski definition) is 2. The molecule has 2 heterocycles. The molecule has 3 N–H and O–H groups in total. The van der Waals surface area contributed by atoms with E-state index >= 15 is 0 Å². The third-order valence-electron chi connectivity index (χ3n) is 3.95. The predicted molar refractivity (Wildman–Crippen MR) is 88.3 cm³/mol. The van der Waals surface area contributed by atoms with E-state index in [0.29, 0.717) is 29.6 Å². The first-order valence-electron chi connectivity index (χ1n) is 7.90. The van der Waals surface area contributed by atoms with E-state index in [1.54, 1.807) is 11.6 Å². The van der Waals surface area contributed by atoms with Crippen molar-refractivity contribution >= 4 is 11.9 Å². The van der Waals surface area contributed by atoms with Crippen molar-refractivity contribution in [3.8, 4) is 5.75 Å². The van der Waals surface area contributed by atoms with Crippen molar-refractivity contribution in [2.75, 3.05) is 11.9 Å². The summed E-state index contributed by atoms with van der Waals surface area (Å²) in [6.07, 6.45) is 1.99. The Labute approximate surface area is 139 Å². The van der Waals surface area contributed by atoms with E-state index in [0.717, 1.165) is 18.4 Å². The van der Waals surface area contributed by atoms with E-state index in [2.05, 4.69) is 27.8 Å². The number of amides is 1. The van der Waals surface area contributed by atoms with E-state index in [1.807, 2.05) is 24.3 Å². The number of para-hydroxylation sites is 1. The Hall–Kier alpha value is -2.90. The molecular formula is C16H20N6O2. The number of benzene rings is 1. The predicted octanol–water partition coefficient (Wildman–Crippen LogP) is 1.63. The molecule has 2 aromatic rings. The average Bonchev–Trinajstić information content (AvgIpc) is 3.02. The maximum absolute atomic E-state index is 12.1. The van der Waals surface area contributed by atoms with E-state index in [-0.39, 0.29) is 0 Å². The second-order valence-electron chi connectivity index (χ2n) is 5.62. The molecule has 0 aliphatic carbocycles. The highest BCUT2D eigenvalue weighted by molar-refractivity contribution is 5.95. The molecule has 8 nitrogen and oxygen atoms in total. The van der Waals surface area contributed by atoms with Crippen molar-refractivity contribution in [1.29, 1.82) is 0 Å². The zero-order chi connectivity index (χ0) is 17.1. The second-order valence-corrected chi connectivity index (χ2v) is 5.62. The van der Waals surface area contributed by atoms with Crippen LogP contribution in [0, 0.1) is 0 Å². The van der Waals surface area contributed by atoms with E-state index in [9.17, 15) is 4.79 Å². The Balaban J connectivity index is 2.08. The Morgan fingerprint density at radius 3 is 2.96 bits per heavy atom. The normalized spacial score (nSPS) is 16.5. The first-order chi connectivity index (χ1) is 11.6. The standard InChI is InChI=1S/C16H20N6O2/c1-3-4-9-24-12-8-6-5-7-11(12)14-13(15(17)23)10(2)18-16-19-20-21-22(14)16/h5-8,14H,3-4,9H2,1-2H3,(H2,17,23)(H,18,19,21)/t14-/m1/s1.